The van der Waals surface area contributed by atoms with Crippen LogP contribution >= 0.6 is 23.5 Å². The van der Waals surface area contributed by atoms with Crippen molar-refractivity contribution >= 4 is 46.8 Å². The van der Waals surface area contributed by atoms with Gasteiger partial charge in [-0.15, -0.1) is 0 Å². The Morgan fingerprint density at radius 2 is 1.17 bits per heavy atom. The molecule has 0 fully saturated rings. The molecule has 0 amide bonds. The highest BCUT2D eigenvalue weighted by Gasteiger charge is 2.15. The van der Waals surface area contributed by atoms with E-state index in [1.165, 1.54) is 18.7 Å². The summed E-state index contributed by atoms with van der Waals surface area (Å²) in [6.07, 6.45) is 2.97. The Hall–Kier alpha value is -3.94. The maximum Gasteiger partial charge on any atom is 0.331 e. The standard InChI is InChI=1S/C35H33NO4S2/c1-4-8-32(36-40-24(3)37)25-12-18-30(19-13-25)42-34-11-7-6-10-31(34)35(39)27-16-22-29(23-17-27)41-28-20-14-26(15-21-28)33(38)9-5-2/h6-7,10-23H,4-5,8-9H2,1-3H3. The number of carbonyl (C=O) groups is 3. The van der Waals surface area contributed by atoms with Crippen molar-refractivity contribution in [1.29, 1.82) is 0 Å². The Morgan fingerprint density at radius 3 is 1.74 bits per heavy atom. The molecule has 0 saturated heterocycles. The van der Waals surface area contributed by atoms with E-state index in [4.69, 9.17) is 4.84 Å². The second-order valence-electron chi connectivity index (χ2n) is 9.65. The minimum Gasteiger partial charge on any atom is -0.318 e. The molecule has 0 aliphatic carbocycles. The summed E-state index contributed by atoms with van der Waals surface area (Å²) in [7, 11) is 0. The van der Waals surface area contributed by atoms with Crippen LogP contribution in [-0.4, -0.2) is 23.2 Å². The highest BCUT2D eigenvalue weighted by Crippen LogP contribution is 2.33. The summed E-state index contributed by atoms with van der Waals surface area (Å²) in [5.74, 6) is -0.320. The van der Waals surface area contributed by atoms with E-state index < -0.39 is 5.97 Å². The molecule has 0 saturated carbocycles. The van der Waals surface area contributed by atoms with E-state index in [1.807, 2.05) is 111 Å². The second kappa shape index (κ2) is 15.3. The number of benzene rings is 4. The zero-order chi connectivity index (χ0) is 29.9. The van der Waals surface area contributed by atoms with Gasteiger partial charge in [0.15, 0.2) is 11.6 Å². The molecule has 7 heteroatoms. The lowest BCUT2D eigenvalue weighted by atomic mass is 10.0. The van der Waals surface area contributed by atoms with E-state index in [1.54, 1.807) is 11.8 Å². The van der Waals surface area contributed by atoms with Crippen LogP contribution < -0.4 is 0 Å². The zero-order valence-corrected chi connectivity index (χ0v) is 25.6. The van der Waals surface area contributed by atoms with Crippen molar-refractivity contribution in [2.24, 2.45) is 5.16 Å². The predicted molar refractivity (Wildman–Crippen MR) is 170 cm³/mol. The van der Waals surface area contributed by atoms with E-state index in [0.29, 0.717) is 24.0 Å². The maximum atomic E-state index is 13.5. The van der Waals surface area contributed by atoms with Crippen LogP contribution in [0.15, 0.2) is 122 Å². The van der Waals surface area contributed by atoms with Crippen molar-refractivity contribution in [3.63, 3.8) is 0 Å². The molecular formula is C35H33NO4S2. The van der Waals surface area contributed by atoms with Crippen LogP contribution in [0.4, 0.5) is 0 Å². The van der Waals surface area contributed by atoms with E-state index in [-0.39, 0.29) is 11.6 Å². The predicted octanol–water partition coefficient (Wildman–Crippen LogP) is 9.27. The zero-order valence-electron chi connectivity index (χ0n) is 24.0. The van der Waals surface area contributed by atoms with Gasteiger partial charge >= 0.3 is 5.97 Å². The van der Waals surface area contributed by atoms with E-state index in [0.717, 1.165) is 49.3 Å². The number of hydrogen-bond donors (Lipinski definition) is 0. The SMILES string of the molecule is CCCC(=O)c1ccc(Sc2ccc(C(=O)c3ccccc3Sc3ccc(C(CCC)=NOC(C)=O)cc3)cc2)cc1. The van der Waals surface area contributed by atoms with Gasteiger partial charge in [-0.05, 0) is 79.1 Å². The van der Waals surface area contributed by atoms with Crippen LogP contribution in [0.1, 0.15) is 78.3 Å². The van der Waals surface area contributed by atoms with Crippen molar-refractivity contribution in [3.05, 3.63) is 119 Å². The van der Waals surface area contributed by atoms with Gasteiger partial charge in [-0.2, -0.15) is 0 Å². The summed E-state index contributed by atoms with van der Waals surface area (Å²) in [4.78, 5) is 45.6. The van der Waals surface area contributed by atoms with Gasteiger partial charge in [0.05, 0.1) is 5.71 Å². The molecule has 4 rings (SSSR count). The van der Waals surface area contributed by atoms with E-state index in [2.05, 4.69) is 5.16 Å². The average Bonchev–Trinajstić information content (AvgIpc) is 3.00. The molecule has 0 radical (unpaired) electrons. The third kappa shape index (κ3) is 8.54. The quantitative estimate of drug-likeness (QED) is 0.0664. The number of oxime groups is 1. The molecular weight excluding hydrogens is 563 g/mol. The lowest BCUT2D eigenvalue weighted by Gasteiger charge is -2.10. The van der Waals surface area contributed by atoms with E-state index >= 15 is 0 Å². The number of rotatable bonds is 13. The summed E-state index contributed by atoms with van der Waals surface area (Å²) in [6.45, 7) is 5.38. The van der Waals surface area contributed by atoms with Crippen molar-refractivity contribution < 1.29 is 19.2 Å². The van der Waals surface area contributed by atoms with Crippen molar-refractivity contribution in [2.45, 2.75) is 66.0 Å². The molecule has 4 aromatic carbocycles. The van der Waals surface area contributed by atoms with Gasteiger partial charge in [0.2, 0.25) is 0 Å². The molecule has 42 heavy (non-hydrogen) atoms. The van der Waals surface area contributed by atoms with Crippen molar-refractivity contribution in [3.8, 4) is 0 Å². The molecule has 0 aliphatic rings. The fourth-order valence-corrected chi connectivity index (χ4v) is 5.99. The topological polar surface area (TPSA) is 72.8 Å². The van der Waals surface area contributed by atoms with Gasteiger partial charge in [0.1, 0.15) is 0 Å². The summed E-state index contributed by atoms with van der Waals surface area (Å²) in [6, 6.07) is 30.8. The van der Waals surface area contributed by atoms with Crippen LogP contribution in [0.3, 0.4) is 0 Å². The molecule has 214 valence electrons. The number of carbonyl (C=O) groups excluding carboxylic acids is 3. The van der Waals surface area contributed by atoms with E-state index in [9.17, 15) is 14.4 Å². The monoisotopic (exact) mass is 595 g/mol. The Balaban J connectivity index is 1.45. The molecule has 0 N–H and O–H groups in total. The van der Waals surface area contributed by atoms with Crippen molar-refractivity contribution in [1.82, 2.24) is 0 Å². The average molecular weight is 596 g/mol. The van der Waals surface area contributed by atoms with Gasteiger partial charge in [0.25, 0.3) is 0 Å². The molecule has 0 heterocycles. The van der Waals surface area contributed by atoms with Gasteiger partial charge in [0, 0.05) is 49.6 Å². The second-order valence-corrected chi connectivity index (χ2v) is 11.9. The molecule has 0 aliphatic heterocycles. The fraction of sp³-hybridized carbons (Fsp3) is 0.200. The first-order valence-electron chi connectivity index (χ1n) is 14.0. The molecule has 5 nitrogen and oxygen atoms in total. The highest BCUT2D eigenvalue weighted by atomic mass is 32.2. The normalized spacial score (nSPS) is 11.3. The lowest BCUT2D eigenvalue weighted by molar-refractivity contribution is -0.140. The Morgan fingerprint density at radius 1 is 0.643 bits per heavy atom. The van der Waals surface area contributed by atoms with Gasteiger partial charge in [-0.25, -0.2) is 4.79 Å². The Kier molecular flexibility index (Phi) is 11.3. The van der Waals surface area contributed by atoms with Crippen LogP contribution in [0, 0.1) is 0 Å². The summed E-state index contributed by atoms with van der Waals surface area (Å²) in [5, 5.41) is 4.01. The van der Waals surface area contributed by atoms with Gasteiger partial charge in [-0.1, -0.05) is 85.3 Å². The minimum atomic E-state index is -0.448. The molecule has 4 aromatic rings. The number of nitrogens with zero attached hydrogens (tertiary/aromatic N) is 1. The third-order valence-corrected chi connectivity index (χ3v) is 8.42. The minimum absolute atomic E-state index is 0.0381. The first-order chi connectivity index (χ1) is 20.4. The summed E-state index contributed by atoms with van der Waals surface area (Å²) < 4.78 is 0. The number of ketones is 2. The van der Waals surface area contributed by atoms with Crippen LogP contribution in [0.5, 0.6) is 0 Å². The first kappa shape index (κ1) is 31.0. The lowest BCUT2D eigenvalue weighted by Crippen LogP contribution is -2.04. The third-order valence-electron chi connectivity index (χ3n) is 6.32. The molecule has 0 spiro atoms. The molecule has 0 unspecified atom stereocenters. The molecule has 0 bridgehead atoms. The van der Waals surface area contributed by atoms with Crippen LogP contribution in [0.2, 0.25) is 0 Å². The molecule has 0 aromatic heterocycles. The van der Waals surface area contributed by atoms with Gasteiger partial charge < -0.3 is 4.84 Å². The van der Waals surface area contributed by atoms with Crippen LogP contribution in [0.25, 0.3) is 0 Å². The Bertz CT molecular complexity index is 1560. The van der Waals surface area contributed by atoms with Crippen molar-refractivity contribution in [2.75, 3.05) is 0 Å². The summed E-state index contributed by atoms with van der Waals surface area (Å²) in [5.41, 5.74) is 3.62. The largest absolute Gasteiger partial charge is 0.331 e. The smallest absolute Gasteiger partial charge is 0.318 e. The van der Waals surface area contributed by atoms with Gasteiger partial charge in [-0.3, -0.25) is 9.59 Å². The number of Topliss-reactive ketones (excluding diaryl/α,β-unsaturated/α-hetero) is 1. The summed E-state index contributed by atoms with van der Waals surface area (Å²) >= 11 is 3.12. The Labute approximate surface area is 255 Å². The molecule has 0 atom stereocenters. The maximum absolute atomic E-state index is 13.5. The number of hydrogen-bond acceptors (Lipinski definition) is 7. The fourth-order valence-electron chi connectivity index (χ4n) is 4.23. The van der Waals surface area contributed by atoms with Crippen LogP contribution in [-0.2, 0) is 9.63 Å². The first-order valence-corrected chi connectivity index (χ1v) is 15.6. The highest BCUT2D eigenvalue weighted by molar-refractivity contribution is 7.99.